The fourth-order valence-electron chi connectivity index (χ4n) is 1.74. The van der Waals surface area contributed by atoms with Gasteiger partial charge in [0.2, 0.25) is 0 Å². The maximum absolute atomic E-state index is 12.8. The number of carbonyl (C=O) groups is 1. The van der Waals surface area contributed by atoms with Crippen LogP contribution in [0.2, 0.25) is 0 Å². The highest BCUT2D eigenvalue weighted by Gasteiger charge is 2.63. The van der Waals surface area contributed by atoms with E-state index in [9.17, 15) is 18.0 Å². The van der Waals surface area contributed by atoms with Crippen molar-refractivity contribution in [3.05, 3.63) is 23.8 Å². The number of halogens is 3. The van der Waals surface area contributed by atoms with Crippen molar-refractivity contribution >= 4 is 17.3 Å². The Bertz CT molecular complexity index is 495. The topological polar surface area (TPSA) is 81.1 Å². The van der Waals surface area contributed by atoms with Gasteiger partial charge in [-0.05, 0) is 31.0 Å². The van der Waals surface area contributed by atoms with Gasteiger partial charge in [0.15, 0.2) is 0 Å². The number of alkyl halides is 3. The minimum absolute atomic E-state index is 0.000255. The van der Waals surface area contributed by atoms with Crippen LogP contribution in [0.1, 0.15) is 23.2 Å². The number of nitrogen functional groups attached to an aromatic ring is 1. The molecular formula is C11H12F3N3O. The molecule has 2 rings (SSSR count). The molecule has 1 aromatic rings. The number of anilines is 2. The van der Waals surface area contributed by atoms with Gasteiger partial charge in [0, 0.05) is 11.4 Å². The first-order chi connectivity index (χ1) is 8.25. The van der Waals surface area contributed by atoms with Gasteiger partial charge in [0.1, 0.15) is 5.54 Å². The molecule has 18 heavy (non-hydrogen) atoms. The Hall–Kier alpha value is -1.92. The smallest absolute Gasteiger partial charge is 0.399 e. The average Bonchev–Trinajstić information content (AvgIpc) is 2.97. The van der Waals surface area contributed by atoms with Crippen LogP contribution in [0.15, 0.2) is 18.2 Å². The zero-order valence-corrected chi connectivity index (χ0v) is 9.34. The number of nitrogens with one attached hydrogen (secondary N) is 1. The molecule has 0 atom stereocenters. The maximum atomic E-state index is 12.8. The summed E-state index contributed by atoms with van der Waals surface area (Å²) in [6.07, 6.45) is -4.42. The van der Waals surface area contributed by atoms with Gasteiger partial charge < -0.3 is 16.8 Å². The Morgan fingerprint density at radius 1 is 1.33 bits per heavy atom. The van der Waals surface area contributed by atoms with Gasteiger partial charge in [-0.1, -0.05) is 0 Å². The van der Waals surface area contributed by atoms with Gasteiger partial charge in [-0.3, -0.25) is 4.79 Å². The highest BCUT2D eigenvalue weighted by Crippen LogP contribution is 2.51. The molecule has 0 aliphatic heterocycles. The number of primary amides is 1. The second-order valence-corrected chi connectivity index (χ2v) is 4.37. The van der Waals surface area contributed by atoms with Crippen molar-refractivity contribution in [1.82, 2.24) is 0 Å². The first kappa shape index (κ1) is 12.5. The summed E-state index contributed by atoms with van der Waals surface area (Å²) in [6, 6.07) is 4.01. The lowest BCUT2D eigenvalue weighted by molar-refractivity contribution is -0.151. The first-order valence-electron chi connectivity index (χ1n) is 5.29. The molecule has 7 heteroatoms. The monoisotopic (exact) mass is 259 g/mol. The first-order valence-corrected chi connectivity index (χ1v) is 5.29. The summed E-state index contributed by atoms with van der Waals surface area (Å²) in [6.45, 7) is 0. The molecule has 1 aliphatic rings. The summed E-state index contributed by atoms with van der Waals surface area (Å²) >= 11 is 0. The molecule has 1 saturated carbocycles. The van der Waals surface area contributed by atoms with E-state index in [1.807, 2.05) is 0 Å². The van der Waals surface area contributed by atoms with Crippen molar-refractivity contribution in [2.24, 2.45) is 5.73 Å². The molecule has 1 aromatic carbocycles. The third-order valence-corrected chi connectivity index (χ3v) is 2.98. The Morgan fingerprint density at radius 3 is 2.39 bits per heavy atom. The van der Waals surface area contributed by atoms with Crippen molar-refractivity contribution in [2.75, 3.05) is 11.1 Å². The van der Waals surface area contributed by atoms with E-state index < -0.39 is 17.6 Å². The Morgan fingerprint density at radius 2 is 1.94 bits per heavy atom. The van der Waals surface area contributed by atoms with Crippen LogP contribution in [-0.4, -0.2) is 17.6 Å². The quantitative estimate of drug-likeness (QED) is 0.725. The van der Waals surface area contributed by atoms with Crippen LogP contribution in [0.25, 0.3) is 0 Å². The minimum atomic E-state index is -4.37. The largest absolute Gasteiger partial charge is 0.411 e. The molecule has 0 aromatic heterocycles. The molecule has 0 spiro atoms. The maximum Gasteiger partial charge on any atom is 0.411 e. The molecule has 1 amide bonds. The summed E-state index contributed by atoms with van der Waals surface area (Å²) in [7, 11) is 0. The average molecular weight is 259 g/mol. The number of rotatable bonds is 3. The molecule has 0 heterocycles. The van der Waals surface area contributed by atoms with E-state index in [4.69, 9.17) is 11.5 Å². The van der Waals surface area contributed by atoms with Crippen molar-refractivity contribution in [1.29, 1.82) is 0 Å². The van der Waals surface area contributed by atoms with E-state index in [1.165, 1.54) is 18.2 Å². The summed E-state index contributed by atoms with van der Waals surface area (Å²) < 4.78 is 38.4. The number of amides is 1. The summed E-state index contributed by atoms with van der Waals surface area (Å²) in [4.78, 5) is 11.1. The van der Waals surface area contributed by atoms with Crippen molar-refractivity contribution in [3.63, 3.8) is 0 Å². The third-order valence-electron chi connectivity index (χ3n) is 2.98. The molecular weight excluding hydrogens is 247 g/mol. The molecule has 0 unspecified atom stereocenters. The van der Waals surface area contributed by atoms with Gasteiger partial charge >= 0.3 is 6.18 Å². The Balaban J connectivity index is 2.35. The second-order valence-electron chi connectivity index (χ2n) is 4.37. The van der Waals surface area contributed by atoms with Crippen LogP contribution in [0, 0.1) is 0 Å². The van der Waals surface area contributed by atoms with E-state index in [0.717, 1.165) is 0 Å². The third kappa shape index (κ3) is 2.07. The lowest BCUT2D eigenvalue weighted by Crippen LogP contribution is -2.39. The van der Waals surface area contributed by atoms with E-state index in [2.05, 4.69) is 5.32 Å². The van der Waals surface area contributed by atoms with Gasteiger partial charge in [-0.25, -0.2) is 0 Å². The van der Waals surface area contributed by atoms with Crippen molar-refractivity contribution < 1.29 is 18.0 Å². The van der Waals surface area contributed by atoms with Gasteiger partial charge in [0.25, 0.3) is 5.91 Å². The Labute approximate surface area is 101 Å². The molecule has 0 saturated heterocycles. The molecule has 1 aliphatic carbocycles. The van der Waals surface area contributed by atoms with E-state index >= 15 is 0 Å². The summed E-state index contributed by atoms with van der Waals surface area (Å²) in [5.74, 6) is -0.796. The van der Waals surface area contributed by atoms with E-state index in [-0.39, 0.29) is 29.8 Å². The number of carbonyl (C=O) groups excluding carboxylic acids is 1. The zero-order valence-electron chi connectivity index (χ0n) is 9.34. The number of nitrogens with two attached hydrogens (primary N) is 2. The molecule has 4 nitrogen and oxygen atoms in total. The van der Waals surface area contributed by atoms with Crippen LogP contribution in [-0.2, 0) is 0 Å². The van der Waals surface area contributed by atoms with Crippen LogP contribution in [0.3, 0.4) is 0 Å². The van der Waals surface area contributed by atoms with Crippen molar-refractivity contribution in [3.8, 4) is 0 Å². The highest BCUT2D eigenvalue weighted by molar-refractivity contribution is 5.99. The van der Waals surface area contributed by atoms with Gasteiger partial charge in [0.05, 0.1) is 5.56 Å². The SMILES string of the molecule is NC(=O)c1ccc(N)cc1NC1(C(F)(F)F)CC1. The minimum Gasteiger partial charge on any atom is -0.399 e. The van der Waals surface area contributed by atoms with E-state index in [1.54, 1.807) is 0 Å². The van der Waals surface area contributed by atoms with Crippen LogP contribution >= 0.6 is 0 Å². The van der Waals surface area contributed by atoms with Crippen LogP contribution < -0.4 is 16.8 Å². The molecule has 5 N–H and O–H groups in total. The second kappa shape index (κ2) is 3.79. The lowest BCUT2D eigenvalue weighted by atomic mass is 10.1. The molecule has 0 bridgehead atoms. The van der Waals surface area contributed by atoms with Gasteiger partial charge in [-0.15, -0.1) is 0 Å². The van der Waals surface area contributed by atoms with E-state index in [0.29, 0.717) is 0 Å². The van der Waals surface area contributed by atoms with Crippen LogP contribution in [0.5, 0.6) is 0 Å². The standard InChI is InChI=1S/C11H12F3N3O/c12-11(13,14)10(3-4-10)17-8-5-6(15)1-2-7(8)9(16)18/h1-2,5,17H,3-4,15H2,(H2,16,18). The lowest BCUT2D eigenvalue weighted by Gasteiger charge is -2.23. The fourth-order valence-corrected chi connectivity index (χ4v) is 1.74. The molecule has 0 radical (unpaired) electrons. The normalized spacial score (nSPS) is 17.3. The van der Waals surface area contributed by atoms with Crippen molar-refractivity contribution in [2.45, 2.75) is 24.6 Å². The fraction of sp³-hybridized carbons (Fsp3) is 0.364. The predicted octanol–water partition coefficient (Wildman–Crippen LogP) is 1.87. The summed E-state index contributed by atoms with van der Waals surface area (Å²) in [5.41, 5.74) is 8.95. The highest BCUT2D eigenvalue weighted by atomic mass is 19.4. The number of hydrogen-bond donors (Lipinski definition) is 3. The number of benzene rings is 1. The molecule has 1 fully saturated rings. The Kier molecular flexibility index (Phi) is 2.64. The van der Waals surface area contributed by atoms with Gasteiger partial charge in [-0.2, -0.15) is 13.2 Å². The molecule has 98 valence electrons. The zero-order chi connectivity index (χ0) is 13.6. The summed E-state index contributed by atoms with van der Waals surface area (Å²) in [5, 5.41) is 2.35. The number of hydrogen-bond acceptors (Lipinski definition) is 3. The van der Waals surface area contributed by atoms with Crippen LogP contribution in [0.4, 0.5) is 24.5 Å². The predicted molar refractivity (Wildman–Crippen MR) is 61.0 cm³/mol.